The molecule has 0 saturated carbocycles. The number of rotatable bonds is 2. The van der Waals surface area contributed by atoms with Gasteiger partial charge in [-0.1, -0.05) is 6.92 Å². The van der Waals surface area contributed by atoms with Crippen molar-refractivity contribution < 1.29 is 18.3 Å². The molecule has 0 amide bonds. The molecule has 0 heterocycles. The van der Waals surface area contributed by atoms with Gasteiger partial charge in [0.1, 0.15) is 0 Å². The Morgan fingerprint density at radius 1 is 1.40 bits per heavy atom. The molecular formula is C5H10ClF3O. The zero-order valence-corrected chi connectivity index (χ0v) is 6.30. The lowest BCUT2D eigenvalue weighted by atomic mass is 10.1. The van der Waals surface area contributed by atoms with Crippen LogP contribution in [0.3, 0.4) is 0 Å². The molecule has 1 atom stereocenters. The molecular weight excluding hydrogens is 169 g/mol. The molecule has 5 heteroatoms. The van der Waals surface area contributed by atoms with Gasteiger partial charge in [0, 0.05) is 6.61 Å². The minimum absolute atomic E-state index is 0. The molecule has 10 heavy (non-hydrogen) atoms. The molecule has 1 nitrogen and oxygen atoms in total. The predicted molar refractivity (Wildman–Crippen MR) is 34.2 cm³/mol. The van der Waals surface area contributed by atoms with Gasteiger partial charge in [-0.2, -0.15) is 13.2 Å². The summed E-state index contributed by atoms with van der Waals surface area (Å²) in [6.45, 7) is 0.650. The Bertz CT molecular complexity index is 83.5. The number of halogens is 4. The van der Waals surface area contributed by atoms with E-state index in [9.17, 15) is 13.2 Å². The quantitative estimate of drug-likeness (QED) is 0.686. The first-order valence-corrected chi connectivity index (χ1v) is 2.66. The molecule has 0 aliphatic rings. The van der Waals surface area contributed by atoms with E-state index in [0.29, 0.717) is 0 Å². The van der Waals surface area contributed by atoms with Crippen molar-refractivity contribution in [3.8, 4) is 0 Å². The van der Waals surface area contributed by atoms with Crippen LogP contribution in [0.4, 0.5) is 13.2 Å². The molecule has 0 rings (SSSR count). The highest BCUT2D eigenvalue weighted by Crippen LogP contribution is 2.27. The van der Waals surface area contributed by atoms with Gasteiger partial charge in [0.25, 0.3) is 0 Å². The third kappa shape index (κ3) is 4.88. The number of alkyl halides is 3. The average molecular weight is 179 g/mol. The minimum Gasteiger partial charge on any atom is -0.396 e. The highest BCUT2D eigenvalue weighted by molar-refractivity contribution is 5.85. The lowest BCUT2D eigenvalue weighted by Gasteiger charge is -2.12. The Balaban J connectivity index is 0. The van der Waals surface area contributed by atoms with E-state index >= 15 is 0 Å². The van der Waals surface area contributed by atoms with Crippen LogP contribution in [0.2, 0.25) is 0 Å². The molecule has 0 fully saturated rings. The third-order valence-electron chi connectivity index (χ3n) is 1.12. The summed E-state index contributed by atoms with van der Waals surface area (Å²) in [4.78, 5) is 0. The van der Waals surface area contributed by atoms with Crippen molar-refractivity contribution in [2.24, 2.45) is 5.92 Å². The van der Waals surface area contributed by atoms with E-state index in [2.05, 4.69) is 0 Å². The molecule has 0 aromatic rings. The summed E-state index contributed by atoms with van der Waals surface area (Å²) in [6, 6.07) is 0. The van der Waals surface area contributed by atoms with E-state index in [-0.39, 0.29) is 18.8 Å². The maximum absolute atomic E-state index is 11.5. The van der Waals surface area contributed by atoms with Gasteiger partial charge in [-0.3, -0.25) is 0 Å². The largest absolute Gasteiger partial charge is 0.396 e. The maximum Gasteiger partial charge on any atom is 0.391 e. The molecule has 0 aromatic heterocycles. The van der Waals surface area contributed by atoms with Crippen LogP contribution in [-0.2, 0) is 0 Å². The van der Waals surface area contributed by atoms with Gasteiger partial charge in [0.2, 0.25) is 0 Å². The van der Waals surface area contributed by atoms with Crippen molar-refractivity contribution in [1.29, 1.82) is 0 Å². The Hall–Kier alpha value is 0.0400. The number of aliphatic hydroxyl groups excluding tert-OH is 1. The maximum atomic E-state index is 11.5. The smallest absolute Gasteiger partial charge is 0.391 e. The van der Waals surface area contributed by atoms with Gasteiger partial charge < -0.3 is 5.11 Å². The van der Waals surface area contributed by atoms with Crippen molar-refractivity contribution in [2.75, 3.05) is 6.61 Å². The summed E-state index contributed by atoms with van der Waals surface area (Å²) in [5.41, 5.74) is 0. The summed E-state index contributed by atoms with van der Waals surface area (Å²) >= 11 is 0. The molecule has 0 aliphatic heterocycles. The predicted octanol–water partition coefficient (Wildman–Crippen LogP) is 1.99. The summed E-state index contributed by atoms with van der Waals surface area (Å²) < 4.78 is 34.6. The Kier molecular flexibility index (Phi) is 6.09. The Morgan fingerprint density at radius 2 is 1.80 bits per heavy atom. The highest BCUT2D eigenvalue weighted by Gasteiger charge is 2.34. The second-order valence-electron chi connectivity index (χ2n) is 1.95. The zero-order valence-electron chi connectivity index (χ0n) is 5.48. The van der Waals surface area contributed by atoms with Crippen molar-refractivity contribution >= 4 is 12.4 Å². The van der Waals surface area contributed by atoms with E-state index in [1.807, 2.05) is 0 Å². The van der Waals surface area contributed by atoms with Crippen LogP contribution < -0.4 is 0 Å². The minimum atomic E-state index is -4.15. The van der Waals surface area contributed by atoms with E-state index in [1.54, 1.807) is 0 Å². The molecule has 0 spiro atoms. The van der Waals surface area contributed by atoms with Gasteiger partial charge in [-0.05, 0) is 6.42 Å². The summed E-state index contributed by atoms with van der Waals surface area (Å²) in [6.07, 6.45) is -4.35. The first kappa shape index (κ1) is 12.7. The van der Waals surface area contributed by atoms with Crippen LogP contribution >= 0.6 is 12.4 Å². The Labute approximate surface area is 63.6 Å². The number of hydrogen-bond acceptors (Lipinski definition) is 1. The van der Waals surface area contributed by atoms with Gasteiger partial charge >= 0.3 is 6.18 Å². The van der Waals surface area contributed by atoms with Gasteiger partial charge in [-0.25, -0.2) is 0 Å². The van der Waals surface area contributed by atoms with E-state index in [1.165, 1.54) is 0 Å². The fraction of sp³-hybridized carbons (Fsp3) is 1.00. The third-order valence-corrected chi connectivity index (χ3v) is 1.12. The second kappa shape index (κ2) is 4.79. The van der Waals surface area contributed by atoms with Gasteiger partial charge in [0.05, 0.1) is 5.92 Å². The monoisotopic (exact) mass is 178 g/mol. The van der Waals surface area contributed by atoms with Crippen LogP contribution in [0.5, 0.6) is 0 Å². The number of hydrogen-bond donors (Lipinski definition) is 1. The molecule has 64 valence electrons. The van der Waals surface area contributed by atoms with Crippen molar-refractivity contribution in [2.45, 2.75) is 19.5 Å². The molecule has 1 N–H and O–H groups in total. The number of aliphatic hydroxyl groups is 1. The molecule has 0 aromatic carbocycles. The standard InChI is InChI=1S/C5H9F3O.ClH/c1-4(2-3-9)5(6,7)8;/h4,9H,2-3H2,1H3;1H. The first-order chi connectivity index (χ1) is 3.98. The normalized spacial score (nSPS) is 14.1. The first-order valence-electron chi connectivity index (χ1n) is 2.66. The summed E-state index contributed by atoms with van der Waals surface area (Å²) in [7, 11) is 0. The fourth-order valence-corrected chi connectivity index (χ4v) is 0.357. The lowest BCUT2D eigenvalue weighted by Crippen LogP contribution is -2.20. The van der Waals surface area contributed by atoms with Crippen molar-refractivity contribution in [3.05, 3.63) is 0 Å². The van der Waals surface area contributed by atoms with Crippen LogP contribution in [0, 0.1) is 5.92 Å². The summed E-state index contributed by atoms with van der Waals surface area (Å²) in [5.74, 6) is -1.39. The molecule has 0 bridgehead atoms. The highest BCUT2D eigenvalue weighted by atomic mass is 35.5. The molecule has 0 aliphatic carbocycles. The van der Waals surface area contributed by atoms with E-state index in [0.717, 1.165) is 6.92 Å². The summed E-state index contributed by atoms with van der Waals surface area (Å²) in [5, 5.41) is 8.10. The van der Waals surface area contributed by atoms with E-state index < -0.39 is 18.7 Å². The van der Waals surface area contributed by atoms with Crippen LogP contribution in [-0.4, -0.2) is 17.9 Å². The molecule has 1 unspecified atom stereocenters. The van der Waals surface area contributed by atoms with Crippen molar-refractivity contribution in [3.63, 3.8) is 0 Å². The van der Waals surface area contributed by atoms with Crippen LogP contribution in [0.15, 0.2) is 0 Å². The zero-order chi connectivity index (χ0) is 7.49. The van der Waals surface area contributed by atoms with Gasteiger partial charge in [-0.15, -0.1) is 12.4 Å². The molecule has 0 radical (unpaired) electrons. The van der Waals surface area contributed by atoms with Gasteiger partial charge in [0.15, 0.2) is 0 Å². The fourth-order valence-electron chi connectivity index (χ4n) is 0.357. The van der Waals surface area contributed by atoms with Crippen molar-refractivity contribution in [1.82, 2.24) is 0 Å². The topological polar surface area (TPSA) is 20.2 Å². The SMILES string of the molecule is CC(CCO)C(F)(F)F.Cl. The molecule has 0 saturated heterocycles. The second-order valence-corrected chi connectivity index (χ2v) is 1.95. The van der Waals surface area contributed by atoms with Crippen LogP contribution in [0.25, 0.3) is 0 Å². The Morgan fingerprint density at radius 3 is 1.90 bits per heavy atom. The lowest BCUT2D eigenvalue weighted by molar-refractivity contribution is -0.172. The van der Waals surface area contributed by atoms with Crippen LogP contribution in [0.1, 0.15) is 13.3 Å². The average Bonchev–Trinajstić information content (AvgIpc) is 1.64. The van der Waals surface area contributed by atoms with E-state index in [4.69, 9.17) is 5.11 Å².